The largest absolute Gasteiger partial charge is 0.360 e. The van der Waals surface area contributed by atoms with Gasteiger partial charge < -0.3 is 9.84 Å². The quantitative estimate of drug-likeness (QED) is 0.825. The van der Waals surface area contributed by atoms with Gasteiger partial charge in [0.2, 0.25) is 5.78 Å². The van der Waals surface area contributed by atoms with E-state index in [1.54, 1.807) is 31.2 Å². The number of ketones is 2. The van der Waals surface area contributed by atoms with E-state index in [2.05, 4.69) is 10.5 Å². The zero-order valence-corrected chi connectivity index (χ0v) is 13.9. The molecule has 0 saturated carbocycles. The Morgan fingerprint density at radius 2 is 2.04 bits per heavy atom. The maximum absolute atomic E-state index is 12.7. The van der Waals surface area contributed by atoms with Gasteiger partial charge in [-0.1, -0.05) is 48.8 Å². The number of hydrogen-bond acceptors (Lipinski definition) is 5. The van der Waals surface area contributed by atoms with Crippen LogP contribution in [0.5, 0.6) is 0 Å². The molecule has 1 unspecified atom stereocenters. The number of piperidine rings is 1. The van der Waals surface area contributed by atoms with Crippen LogP contribution in [0, 0.1) is 0 Å². The van der Waals surface area contributed by atoms with Crippen molar-refractivity contribution in [3.05, 3.63) is 52.9 Å². The molecule has 1 saturated heterocycles. The molecule has 1 aromatic carbocycles. The van der Waals surface area contributed by atoms with E-state index in [-0.39, 0.29) is 23.3 Å². The van der Waals surface area contributed by atoms with Crippen LogP contribution in [-0.2, 0) is 6.42 Å². The van der Waals surface area contributed by atoms with Gasteiger partial charge in [-0.3, -0.25) is 9.59 Å². The van der Waals surface area contributed by atoms with Crippen molar-refractivity contribution in [2.24, 2.45) is 0 Å². The van der Waals surface area contributed by atoms with Gasteiger partial charge in [0.25, 0.3) is 0 Å². The van der Waals surface area contributed by atoms with E-state index in [0.29, 0.717) is 29.7 Å². The molecule has 2 aromatic rings. The van der Waals surface area contributed by atoms with Crippen molar-refractivity contribution in [3.63, 3.8) is 0 Å². The predicted octanol–water partition coefficient (Wildman–Crippen LogP) is 3.18. The molecule has 1 atom stereocenters. The number of rotatable bonds is 6. The number of Topliss-reactive ketones (excluding diaryl/α,β-unsaturated/α-hetero) is 1. The molecule has 0 amide bonds. The fourth-order valence-electron chi connectivity index (χ4n) is 3.13. The van der Waals surface area contributed by atoms with Crippen molar-refractivity contribution >= 4 is 11.6 Å². The van der Waals surface area contributed by atoms with Crippen LogP contribution in [0.25, 0.3) is 0 Å². The van der Waals surface area contributed by atoms with Gasteiger partial charge in [0.05, 0.1) is 5.56 Å². The third kappa shape index (κ3) is 3.46. The van der Waals surface area contributed by atoms with E-state index in [1.165, 1.54) is 12.8 Å². The van der Waals surface area contributed by atoms with Gasteiger partial charge in [-0.25, -0.2) is 0 Å². The molecule has 1 N–H and O–H groups in total. The van der Waals surface area contributed by atoms with Crippen LogP contribution in [0.3, 0.4) is 0 Å². The van der Waals surface area contributed by atoms with Crippen molar-refractivity contribution in [1.82, 2.24) is 10.5 Å². The summed E-state index contributed by atoms with van der Waals surface area (Å²) in [6.45, 7) is 2.76. The predicted molar refractivity (Wildman–Crippen MR) is 90.3 cm³/mol. The van der Waals surface area contributed by atoms with Gasteiger partial charge in [-0.15, -0.1) is 0 Å². The second-order valence-corrected chi connectivity index (χ2v) is 6.15. The number of carbonyl (C=O) groups is 2. The van der Waals surface area contributed by atoms with Crippen LogP contribution in [0.15, 0.2) is 34.9 Å². The molecular weight excluding hydrogens is 304 g/mol. The normalized spacial score (nSPS) is 17.6. The molecular formula is C19H22N2O3. The summed E-state index contributed by atoms with van der Waals surface area (Å²) >= 11 is 0. The first-order valence-electron chi connectivity index (χ1n) is 8.55. The third-order valence-electron chi connectivity index (χ3n) is 4.46. The summed E-state index contributed by atoms with van der Waals surface area (Å²) < 4.78 is 5.43. The highest BCUT2D eigenvalue weighted by atomic mass is 16.5. The standard InChI is InChI=1S/C19H22N2O3/c1-2-15(22)17-16(12-14-10-6-7-11-20-14)24-21-18(17)19(23)13-8-4-3-5-9-13/h3-5,8-9,14,20H,2,6-7,10-12H2,1H3. The average Bonchev–Trinajstić information content (AvgIpc) is 3.05. The summed E-state index contributed by atoms with van der Waals surface area (Å²) in [5.74, 6) is 0.167. The molecule has 0 spiro atoms. The van der Waals surface area contributed by atoms with Crippen LogP contribution in [0.2, 0.25) is 0 Å². The molecule has 0 aliphatic carbocycles. The third-order valence-corrected chi connectivity index (χ3v) is 4.46. The minimum absolute atomic E-state index is 0.0960. The summed E-state index contributed by atoms with van der Waals surface area (Å²) in [6.07, 6.45) is 4.30. The first-order chi connectivity index (χ1) is 11.7. The fraction of sp³-hybridized carbons (Fsp3) is 0.421. The summed E-state index contributed by atoms with van der Waals surface area (Å²) in [5, 5.41) is 7.39. The lowest BCUT2D eigenvalue weighted by Gasteiger charge is -2.22. The summed E-state index contributed by atoms with van der Waals surface area (Å²) in [6, 6.07) is 9.15. The van der Waals surface area contributed by atoms with Gasteiger partial charge in [0.1, 0.15) is 5.76 Å². The SMILES string of the molecule is CCC(=O)c1c(C(=O)c2ccccc2)noc1CC1CCCCN1. The summed E-state index contributed by atoms with van der Waals surface area (Å²) in [5.41, 5.74) is 1.01. The lowest BCUT2D eigenvalue weighted by Crippen LogP contribution is -2.35. The minimum atomic E-state index is -0.265. The van der Waals surface area contributed by atoms with E-state index in [9.17, 15) is 9.59 Å². The lowest BCUT2D eigenvalue weighted by molar-refractivity contribution is 0.0970. The molecule has 126 valence electrons. The average molecular weight is 326 g/mol. The van der Waals surface area contributed by atoms with Crippen molar-refractivity contribution in [2.45, 2.75) is 45.1 Å². The number of hydrogen-bond donors (Lipinski definition) is 1. The van der Waals surface area contributed by atoms with Crippen molar-refractivity contribution in [2.75, 3.05) is 6.54 Å². The smallest absolute Gasteiger partial charge is 0.215 e. The van der Waals surface area contributed by atoms with Crippen LogP contribution >= 0.6 is 0 Å². The summed E-state index contributed by atoms with van der Waals surface area (Å²) in [7, 11) is 0. The Kier molecular flexibility index (Phi) is 5.20. The van der Waals surface area contributed by atoms with Gasteiger partial charge >= 0.3 is 0 Å². The maximum atomic E-state index is 12.7. The van der Waals surface area contributed by atoms with E-state index in [1.807, 2.05) is 6.07 Å². The Balaban J connectivity index is 1.92. The Morgan fingerprint density at radius 1 is 1.25 bits per heavy atom. The fourth-order valence-corrected chi connectivity index (χ4v) is 3.13. The zero-order chi connectivity index (χ0) is 16.9. The van der Waals surface area contributed by atoms with Crippen molar-refractivity contribution in [3.8, 4) is 0 Å². The van der Waals surface area contributed by atoms with Gasteiger partial charge in [-0.2, -0.15) is 0 Å². The number of nitrogens with one attached hydrogen (secondary N) is 1. The minimum Gasteiger partial charge on any atom is -0.360 e. The highest BCUT2D eigenvalue weighted by Gasteiger charge is 2.28. The first-order valence-corrected chi connectivity index (χ1v) is 8.55. The van der Waals surface area contributed by atoms with E-state index < -0.39 is 0 Å². The van der Waals surface area contributed by atoms with Gasteiger partial charge in [0.15, 0.2) is 11.5 Å². The van der Waals surface area contributed by atoms with Crippen molar-refractivity contribution in [1.29, 1.82) is 0 Å². The van der Waals surface area contributed by atoms with E-state index >= 15 is 0 Å². The van der Waals surface area contributed by atoms with E-state index in [4.69, 9.17) is 4.52 Å². The lowest BCUT2D eigenvalue weighted by atomic mass is 9.95. The molecule has 1 fully saturated rings. The number of carbonyl (C=O) groups excluding carboxylic acids is 2. The first kappa shape index (κ1) is 16.6. The van der Waals surface area contributed by atoms with Crippen LogP contribution in [0.1, 0.15) is 64.8 Å². The van der Waals surface area contributed by atoms with Gasteiger partial charge in [0, 0.05) is 24.4 Å². The molecule has 5 heteroatoms. The Labute approximate surface area is 141 Å². The van der Waals surface area contributed by atoms with Crippen LogP contribution < -0.4 is 5.32 Å². The van der Waals surface area contributed by atoms with Crippen LogP contribution in [-0.4, -0.2) is 29.3 Å². The number of benzene rings is 1. The zero-order valence-electron chi connectivity index (χ0n) is 13.9. The summed E-state index contributed by atoms with van der Waals surface area (Å²) in [4.78, 5) is 25.1. The highest BCUT2D eigenvalue weighted by molar-refractivity contribution is 6.14. The highest BCUT2D eigenvalue weighted by Crippen LogP contribution is 2.23. The Bertz CT molecular complexity index is 715. The topological polar surface area (TPSA) is 72.2 Å². The molecule has 0 bridgehead atoms. The van der Waals surface area contributed by atoms with E-state index in [0.717, 1.165) is 13.0 Å². The van der Waals surface area contributed by atoms with Crippen molar-refractivity contribution < 1.29 is 14.1 Å². The molecule has 24 heavy (non-hydrogen) atoms. The number of aromatic nitrogens is 1. The number of nitrogens with zero attached hydrogens (tertiary/aromatic N) is 1. The maximum Gasteiger partial charge on any atom is 0.215 e. The Hall–Kier alpha value is -2.27. The molecule has 2 heterocycles. The molecule has 1 aliphatic rings. The molecule has 1 aliphatic heterocycles. The molecule has 3 rings (SSSR count). The molecule has 5 nitrogen and oxygen atoms in total. The molecule has 0 radical (unpaired) electrons. The van der Waals surface area contributed by atoms with Crippen LogP contribution in [0.4, 0.5) is 0 Å². The molecule has 1 aromatic heterocycles. The monoisotopic (exact) mass is 326 g/mol. The second kappa shape index (κ2) is 7.53. The van der Waals surface area contributed by atoms with Gasteiger partial charge in [-0.05, 0) is 19.4 Å². The Morgan fingerprint density at radius 3 is 2.71 bits per heavy atom. The second-order valence-electron chi connectivity index (χ2n) is 6.15.